The highest BCUT2D eigenvalue weighted by atomic mass is 16.1. The summed E-state index contributed by atoms with van der Waals surface area (Å²) in [5.74, 6) is -0.0110. The highest BCUT2D eigenvalue weighted by Crippen LogP contribution is 2.28. The number of Topliss-reactive ketones (excluding diaryl/α,β-unsaturated/α-hetero) is 1. The van der Waals surface area contributed by atoms with Gasteiger partial charge >= 0.3 is 0 Å². The molecule has 0 aliphatic heterocycles. The van der Waals surface area contributed by atoms with E-state index in [4.69, 9.17) is 5.73 Å². The number of hydrogen-bond acceptors (Lipinski definition) is 3. The van der Waals surface area contributed by atoms with Crippen molar-refractivity contribution in [1.29, 1.82) is 0 Å². The summed E-state index contributed by atoms with van der Waals surface area (Å²) in [4.78, 5) is 13.5. The SMILES string of the molecule is CC(=O)c1ccc(N(C)c2cc(C)cc(C)c2)cc1N. The molecule has 0 bridgehead atoms. The Bertz CT molecular complexity index is 642. The molecule has 2 aromatic carbocycles. The molecule has 20 heavy (non-hydrogen) atoms. The summed E-state index contributed by atoms with van der Waals surface area (Å²) in [5, 5.41) is 0. The molecule has 2 aromatic rings. The number of carbonyl (C=O) groups excluding carboxylic acids is 1. The van der Waals surface area contributed by atoms with Gasteiger partial charge in [-0.1, -0.05) is 6.07 Å². The maximum atomic E-state index is 11.4. The van der Waals surface area contributed by atoms with Crippen LogP contribution in [-0.2, 0) is 0 Å². The quantitative estimate of drug-likeness (QED) is 0.679. The minimum atomic E-state index is -0.0110. The molecule has 0 fully saturated rings. The number of anilines is 3. The van der Waals surface area contributed by atoms with E-state index in [9.17, 15) is 4.79 Å². The van der Waals surface area contributed by atoms with E-state index in [1.54, 1.807) is 6.07 Å². The first-order chi connectivity index (χ1) is 9.38. The highest BCUT2D eigenvalue weighted by molar-refractivity contribution is 5.99. The summed E-state index contributed by atoms with van der Waals surface area (Å²) in [6.07, 6.45) is 0. The Morgan fingerprint density at radius 2 is 1.60 bits per heavy atom. The molecule has 0 amide bonds. The third-order valence-corrected chi connectivity index (χ3v) is 3.40. The summed E-state index contributed by atoms with van der Waals surface area (Å²) in [6.45, 7) is 5.69. The molecule has 0 radical (unpaired) electrons. The monoisotopic (exact) mass is 268 g/mol. The minimum absolute atomic E-state index is 0.0110. The van der Waals surface area contributed by atoms with Crippen LogP contribution in [0, 0.1) is 13.8 Å². The minimum Gasteiger partial charge on any atom is -0.398 e. The lowest BCUT2D eigenvalue weighted by Crippen LogP contribution is -2.11. The van der Waals surface area contributed by atoms with Gasteiger partial charge in [-0.2, -0.15) is 0 Å². The van der Waals surface area contributed by atoms with Crippen LogP contribution in [0.15, 0.2) is 36.4 Å². The lowest BCUT2D eigenvalue weighted by Gasteiger charge is -2.21. The van der Waals surface area contributed by atoms with Gasteiger partial charge in [-0.3, -0.25) is 4.79 Å². The lowest BCUT2D eigenvalue weighted by molar-refractivity contribution is 0.101. The average molecular weight is 268 g/mol. The van der Waals surface area contributed by atoms with Crippen LogP contribution in [0.25, 0.3) is 0 Å². The van der Waals surface area contributed by atoms with Crippen LogP contribution in [-0.4, -0.2) is 12.8 Å². The summed E-state index contributed by atoms with van der Waals surface area (Å²) < 4.78 is 0. The van der Waals surface area contributed by atoms with Crippen molar-refractivity contribution < 1.29 is 4.79 Å². The molecule has 0 unspecified atom stereocenters. The molecule has 0 spiro atoms. The van der Waals surface area contributed by atoms with E-state index in [0.29, 0.717) is 11.3 Å². The van der Waals surface area contributed by atoms with Crippen molar-refractivity contribution in [1.82, 2.24) is 0 Å². The van der Waals surface area contributed by atoms with Crippen molar-refractivity contribution in [2.24, 2.45) is 0 Å². The van der Waals surface area contributed by atoms with Crippen LogP contribution in [0.1, 0.15) is 28.4 Å². The smallest absolute Gasteiger partial charge is 0.161 e. The van der Waals surface area contributed by atoms with E-state index in [-0.39, 0.29) is 5.78 Å². The van der Waals surface area contributed by atoms with E-state index < -0.39 is 0 Å². The number of nitrogens with zero attached hydrogens (tertiary/aromatic N) is 1. The number of nitrogens with two attached hydrogens (primary N) is 1. The standard InChI is InChI=1S/C17H20N2O/c1-11-7-12(2)9-15(8-11)19(4)14-5-6-16(13(3)20)17(18)10-14/h5-10H,18H2,1-4H3. The van der Waals surface area contributed by atoms with Crippen LogP contribution >= 0.6 is 0 Å². The zero-order valence-corrected chi connectivity index (χ0v) is 12.4. The Morgan fingerprint density at radius 1 is 1.00 bits per heavy atom. The number of carbonyl (C=O) groups is 1. The van der Waals surface area contributed by atoms with Gasteiger partial charge in [0.1, 0.15) is 0 Å². The molecule has 0 aliphatic carbocycles. The first kappa shape index (κ1) is 14.1. The van der Waals surface area contributed by atoms with Gasteiger partial charge in [0, 0.05) is 29.7 Å². The van der Waals surface area contributed by atoms with Gasteiger partial charge in [0.25, 0.3) is 0 Å². The second-order valence-corrected chi connectivity index (χ2v) is 5.23. The van der Waals surface area contributed by atoms with Crippen molar-refractivity contribution in [2.45, 2.75) is 20.8 Å². The number of ketones is 1. The van der Waals surface area contributed by atoms with Crippen LogP contribution < -0.4 is 10.6 Å². The molecule has 3 nitrogen and oxygen atoms in total. The van der Waals surface area contributed by atoms with Gasteiger partial charge in [0.05, 0.1) is 0 Å². The van der Waals surface area contributed by atoms with E-state index in [1.807, 2.05) is 19.2 Å². The van der Waals surface area contributed by atoms with Crippen LogP contribution in [0.5, 0.6) is 0 Å². The van der Waals surface area contributed by atoms with E-state index in [1.165, 1.54) is 18.1 Å². The second kappa shape index (κ2) is 5.37. The topological polar surface area (TPSA) is 46.3 Å². The maximum absolute atomic E-state index is 11.4. The van der Waals surface area contributed by atoms with Crippen LogP contribution in [0.3, 0.4) is 0 Å². The van der Waals surface area contributed by atoms with Gasteiger partial charge in [-0.05, 0) is 62.2 Å². The van der Waals surface area contributed by atoms with Crippen molar-refractivity contribution in [2.75, 3.05) is 17.7 Å². The molecule has 2 rings (SSSR count). The van der Waals surface area contributed by atoms with Crippen LogP contribution in [0.2, 0.25) is 0 Å². The molecular weight excluding hydrogens is 248 g/mol. The van der Waals surface area contributed by atoms with Gasteiger partial charge < -0.3 is 10.6 Å². The average Bonchev–Trinajstić information content (AvgIpc) is 2.36. The fraction of sp³-hybridized carbons (Fsp3) is 0.235. The fourth-order valence-electron chi connectivity index (χ4n) is 2.37. The molecule has 2 N–H and O–H groups in total. The first-order valence-electron chi connectivity index (χ1n) is 6.61. The molecule has 3 heteroatoms. The molecule has 0 aliphatic rings. The first-order valence-corrected chi connectivity index (χ1v) is 6.61. The molecule has 0 saturated heterocycles. The van der Waals surface area contributed by atoms with E-state index >= 15 is 0 Å². The lowest BCUT2D eigenvalue weighted by atomic mass is 10.1. The van der Waals surface area contributed by atoms with E-state index in [0.717, 1.165) is 11.4 Å². The number of hydrogen-bond donors (Lipinski definition) is 1. The third kappa shape index (κ3) is 2.82. The van der Waals surface area contributed by atoms with Gasteiger partial charge in [-0.15, -0.1) is 0 Å². The summed E-state index contributed by atoms with van der Waals surface area (Å²) in [6, 6.07) is 11.9. The maximum Gasteiger partial charge on any atom is 0.161 e. The predicted octanol–water partition coefficient (Wildman–Crippen LogP) is 3.86. The summed E-state index contributed by atoms with van der Waals surface area (Å²) >= 11 is 0. The predicted molar refractivity (Wildman–Crippen MR) is 84.8 cm³/mol. The normalized spacial score (nSPS) is 10.4. The summed E-state index contributed by atoms with van der Waals surface area (Å²) in [7, 11) is 2.00. The summed E-state index contributed by atoms with van der Waals surface area (Å²) in [5.41, 5.74) is 11.6. The zero-order chi connectivity index (χ0) is 14.9. The zero-order valence-electron chi connectivity index (χ0n) is 12.4. The van der Waals surface area contributed by atoms with Gasteiger partial charge in [-0.25, -0.2) is 0 Å². The Labute approximate surface area is 120 Å². The fourth-order valence-corrected chi connectivity index (χ4v) is 2.37. The largest absolute Gasteiger partial charge is 0.398 e. The van der Waals surface area contributed by atoms with E-state index in [2.05, 4.69) is 36.9 Å². The third-order valence-electron chi connectivity index (χ3n) is 3.40. The van der Waals surface area contributed by atoms with Crippen molar-refractivity contribution in [3.8, 4) is 0 Å². The molecule has 0 atom stereocenters. The van der Waals surface area contributed by atoms with Crippen LogP contribution in [0.4, 0.5) is 17.1 Å². The number of nitrogen functional groups attached to an aromatic ring is 1. The Balaban J connectivity index is 2.40. The molecule has 0 heterocycles. The van der Waals surface area contributed by atoms with Gasteiger partial charge in [0.15, 0.2) is 5.78 Å². The second-order valence-electron chi connectivity index (χ2n) is 5.23. The molecule has 0 aromatic heterocycles. The Kier molecular flexibility index (Phi) is 3.79. The molecular formula is C17H20N2O. The van der Waals surface area contributed by atoms with Crippen molar-refractivity contribution in [3.63, 3.8) is 0 Å². The van der Waals surface area contributed by atoms with Crippen molar-refractivity contribution in [3.05, 3.63) is 53.1 Å². The Hall–Kier alpha value is -2.29. The number of rotatable bonds is 3. The number of aryl methyl sites for hydroxylation is 2. The Morgan fingerprint density at radius 3 is 2.10 bits per heavy atom. The van der Waals surface area contributed by atoms with Crippen molar-refractivity contribution >= 4 is 22.8 Å². The van der Waals surface area contributed by atoms with Gasteiger partial charge in [0.2, 0.25) is 0 Å². The highest BCUT2D eigenvalue weighted by Gasteiger charge is 2.09. The molecule has 0 saturated carbocycles. The number of benzene rings is 2. The molecule has 104 valence electrons.